The highest BCUT2D eigenvalue weighted by atomic mass is 16.5. The summed E-state index contributed by atoms with van der Waals surface area (Å²) in [5, 5.41) is 22.6. The summed E-state index contributed by atoms with van der Waals surface area (Å²) in [6, 6.07) is -0.325. The quantitative estimate of drug-likeness (QED) is 0.275. The number of nitrogen functional groups attached to an aromatic ring is 1. The van der Waals surface area contributed by atoms with Gasteiger partial charge < -0.3 is 35.3 Å². The van der Waals surface area contributed by atoms with E-state index in [1.807, 2.05) is 13.0 Å². The van der Waals surface area contributed by atoms with Gasteiger partial charge in [-0.15, -0.1) is 5.11 Å². The maximum absolute atomic E-state index is 14.2. The monoisotopic (exact) mass is 689 g/mol. The zero-order valence-corrected chi connectivity index (χ0v) is 29.7. The summed E-state index contributed by atoms with van der Waals surface area (Å²) in [7, 11) is 0. The van der Waals surface area contributed by atoms with Crippen LogP contribution in [0.3, 0.4) is 0 Å². The number of nitrogens with zero attached hydrogens (tertiary/aromatic N) is 7. The molecule has 4 aliphatic rings. The average molecular weight is 690 g/mol. The standard InChI is InChI=1S/C36H51N9O5/c1-5-26-32(43-15-16-44(28-10-9-27(28)43)36(49)31-33(47)22(4)39-20-40-31)34(48)30(37)35(42-41-24-12-17-50-18-13-24)45(26)19-29(46)38-14-11-25(21(2)3)23-7-6-8-23/h12,20-21,23,25,27-28,47H,5-11,13-19,37H2,1-4H3,(H,38,46)/t25-,27-,28-/m0/s1. The van der Waals surface area contributed by atoms with E-state index in [1.165, 1.54) is 25.6 Å². The second-order valence-corrected chi connectivity index (χ2v) is 14.3. The number of aromatic hydroxyl groups is 1. The molecule has 1 saturated heterocycles. The number of aromatic nitrogens is 3. The SMILES string of the molecule is CCc1c(N2CCN(C(=O)c3ncnc(C)c3O)[C@H]3CC[C@@H]32)c(=O)c(N)c(N=NC2=CCOCC2)n1CC(=O)NCC[C@@H](C(C)C)C1CCC1. The van der Waals surface area contributed by atoms with Crippen molar-refractivity contribution in [1.82, 2.24) is 24.8 Å². The summed E-state index contributed by atoms with van der Waals surface area (Å²) in [4.78, 5) is 53.3. The maximum Gasteiger partial charge on any atom is 0.276 e. The van der Waals surface area contributed by atoms with Crippen LogP contribution < -0.4 is 21.4 Å². The molecule has 14 heteroatoms. The summed E-state index contributed by atoms with van der Waals surface area (Å²) in [6.45, 7) is 10.3. The van der Waals surface area contributed by atoms with Gasteiger partial charge in [0.05, 0.1) is 30.6 Å². The predicted molar refractivity (Wildman–Crippen MR) is 189 cm³/mol. The Bertz CT molecular complexity index is 1720. The predicted octanol–water partition coefficient (Wildman–Crippen LogP) is 4.26. The van der Waals surface area contributed by atoms with E-state index in [2.05, 4.69) is 44.3 Å². The van der Waals surface area contributed by atoms with Gasteiger partial charge in [-0.25, -0.2) is 9.97 Å². The molecule has 6 rings (SSSR count). The number of aryl methyl sites for hydroxylation is 1. The number of fused-ring (bicyclic) bond motifs is 1. The lowest BCUT2D eigenvalue weighted by atomic mass is 9.70. The van der Waals surface area contributed by atoms with Crippen molar-refractivity contribution in [2.24, 2.45) is 28.0 Å². The third kappa shape index (κ3) is 6.99. The summed E-state index contributed by atoms with van der Waals surface area (Å²) >= 11 is 0. The van der Waals surface area contributed by atoms with E-state index >= 15 is 0 Å². The topological polar surface area (TPSA) is 181 Å². The third-order valence-electron chi connectivity index (χ3n) is 11.2. The number of azo groups is 1. The first-order valence-corrected chi connectivity index (χ1v) is 18.2. The largest absolute Gasteiger partial charge is 0.504 e. The van der Waals surface area contributed by atoms with Crippen LogP contribution in [0.1, 0.15) is 87.6 Å². The lowest BCUT2D eigenvalue weighted by Gasteiger charge is -2.54. The molecule has 14 nitrogen and oxygen atoms in total. The molecule has 2 aromatic rings. The van der Waals surface area contributed by atoms with Gasteiger partial charge in [-0.2, -0.15) is 5.11 Å². The zero-order valence-electron chi connectivity index (χ0n) is 29.7. The summed E-state index contributed by atoms with van der Waals surface area (Å²) in [5.41, 5.74) is 8.33. The molecule has 4 heterocycles. The van der Waals surface area contributed by atoms with Crippen LogP contribution in [0.15, 0.2) is 33.1 Å². The van der Waals surface area contributed by atoms with Crippen LogP contribution >= 0.6 is 0 Å². The summed E-state index contributed by atoms with van der Waals surface area (Å²) in [5.74, 6) is 1.27. The number of carbonyl (C=O) groups is 2. The average Bonchev–Trinajstić information content (AvgIpc) is 3.06. The Morgan fingerprint density at radius 1 is 1.14 bits per heavy atom. The number of hydrogen-bond acceptors (Lipinski definition) is 11. The molecule has 270 valence electrons. The zero-order chi connectivity index (χ0) is 35.5. The van der Waals surface area contributed by atoms with Crippen LogP contribution in [0.25, 0.3) is 0 Å². The lowest BCUT2D eigenvalue weighted by molar-refractivity contribution is -0.121. The highest BCUT2D eigenvalue weighted by Gasteiger charge is 2.47. The van der Waals surface area contributed by atoms with Gasteiger partial charge in [0.15, 0.2) is 17.3 Å². The van der Waals surface area contributed by atoms with E-state index in [0.29, 0.717) is 74.6 Å². The number of amides is 2. The number of nitrogens with two attached hydrogens (primary N) is 1. The number of rotatable bonds is 12. The van der Waals surface area contributed by atoms with Crippen molar-refractivity contribution in [3.8, 4) is 5.75 Å². The molecule has 0 aromatic carbocycles. The first-order chi connectivity index (χ1) is 24.1. The molecule has 3 atom stereocenters. The molecule has 3 fully saturated rings. The van der Waals surface area contributed by atoms with Crippen LogP contribution in [0.5, 0.6) is 5.75 Å². The number of carbonyl (C=O) groups excluding carboxylic acids is 2. The minimum atomic E-state index is -0.359. The molecule has 2 aliphatic heterocycles. The van der Waals surface area contributed by atoms with Gasteiger partial charge in [-0.1, -0.05) is 40.0 Å². The second-order valence-electron chi connectivity index (χ2n) is 14.3. The van der Waals surface area contributed by atoms with Crippen molar-refractivity contribution in [1.29, 1.82) is 0 Å². The van der Waals surface area contributed by atoms with Crippen molar-refractivity contribution >= 4 is 29.0 Å². The number of pyridine rings is 1. The van der Waals surface area contributed by atoms with Gasteiger partial charge in [0.1, 0.15) is 24.2 Å². The Labute approximate surface area is 293 Å². The lowest BCUT2D eigenvalue weighted by Crippen LogP contribution is -2.67. The molecular weight excluding hydrogens is 638 g/mol. The molecule has 2 aromatic heterocycles. The molecular formula is C36H51N9O5. The van der Waals surface area contributed by atoms with Crippen LogP contribution in [0, 0.1) is 24.7 Å². The molecule has 2 saturated carbocycles. The normalized spacial score (nSPS) is 21.4. The van der Waals surface area contributed by atoms with Gasteiger partial charge in [-0.3, -0.25) is 14.4 Å². The van der Waals surface area contributed by atoms with Gasteiger partial charge in [0, 0.05) is 37.8 Å². The highest BCUT2D eigenvalue weighted by Crippen LogP contribution is 2.40. The maximum atomic E-state index is 14.2. The molecule has 4 N–H and O–H groups in total. The molecule has 0 unspecified atom stereocenters. The molecule has 0 radical (unpaired) electrons. The first-order valence-electron chi connectivity index (χ1n) is 18.2. The van der Waals surface area contributed by atoms with E-state index in [0.717, 1.165) is 30.9 Å². The third-order valence-corrected chi connectivity index (χ3v) is 11.2. The minimum Gasteiger partial charge on any atom is -0.504 e. The molecule has 2 aliphatic carbocycles. The smallest absolute Gasteiger partial charge is 0.276 e. The Hall–Kier alpha value is -4.33. The van der Waals surface area contributed by atoms with Gasteiger partial charge in [0.2, 0.25) is 11.3 Å². The first kappa shape index (κ1) is 35.5. The van der Waals surface area contributed by atoms with Crippen LogP contribution in [0.2, 0.25) is 0 Å². The summed E-state index contributed by atoms with van der Waals surface area (Å²) in [6.07, 6.45) is 10.4. The van der Waals surface area contributed by atoms with E-state index in [9.17, 15) is 19.5 Å². The number of ether oxygens (including phenoxy) is 1. The minimum absolute atomic E-state index is 0.0229. The Balaban J connectivity index is 1.29. The van der Waals surface area contributed by atoms with Crippen LogP contribution in [0.4, 0.5) is 17.2 Å². The molecule has 0 spiro atoms. The summed E-state index contributed by atoms with van der Waals surface area (Å²) < 4.78 is 7.16. The van der Waals surface area contributed by atoms with Crippen molar-refractivity contribution in [3.63, 3.8) is 0 Å². The Morgan fingerprint density at radius 2 is 1.92 bits per heavy atom. The molecule has 0 bridgehead atoms. The highest BCUT2D eigenvalue weighted by molar-refractivity contribution is 5.95. The second kappa shape index (κ2) is 15.3. The van der Waals surface area contributed by atoms with Crippen LogP contribution in [-0.2, 0) is 22.5 Å². The number of anilines is 2. The van der Waals surface area contributed by atoms with Crippen molar-refractivity contribution < 1.29 is 19.4 Å². The van der Waals surface area contributed by atoms with E-state index < -0.39 is 0 Å². The van der Waals surface area contributed by atoms with Gasteiger partial charge in [-0.05, 0) is 56.4 Å². The fourth-order valence-electron chi connectivity index (χ4n) is 8.00. The fourth-order valence-corrected chi connectivity index (χ4v) is 8.00. The van der Waals surface area contributed by atoms with Crippen molar-refractivity contribution in [2.45, 2.75) is 97.7 Å². The number of nitrogens with one attached hydrogen (secondary N) is 1. The van der Waals surface area contributed by atoms with Gasteiger partial charge in [0.25, 0.3) is 5.91 Å². The number of piperazine rings is 1. The van der Waals surface area contributed by atoms with E-state index in [1.54, 1.807) is 16.4 Å². The van der Waals surface area contributed by atoms with E-state index in [4.69, 9.17) is 10.5 Å². The van der Waals surface area contributed by atoms with Crippen LogP contribution in [-0.4, -0.2) is 81.3 Å². The molecule has 50 heavy (non-hydrogen) atoms. The van der Waals surface area contributed by atoms with E-state index in [-0.39, 0.29) is 58.8 Å². The van der Waals surface area contributed by atoms with Crippen molar-refractivity contribution in [3.05, 3.63) is 45.4 Å². The number of hydrogen-bond donors (Lipinski definition) is 3. The molecule has 2 amide bonds. The fraction of sp³-hybridized carbons (Fsp3) is 0.639. The van der Waals surface area contributed by atoms with Gasteiger partial charge >= 0.3 is 0 Å². The van der Waals surface area contributed by atoms with Crippen molar-refractivity contribution in [2.75, 3.05) is 43.5 Å². The Morgan fingerprint density at radius 3 is 2.56 bits per heavy atom. The Kier molecular flexibility index (Phi) is 10.8.